The van der Waals surface area contributed by atoms with Crippen LogP contribution < -0.4 is 0 Å². The van der Waals surface area contributed by atoms with E-state index < -0.39 is 0 Å². The molecule has 1 rings (SSSR count). The lowest BCUT2D eigenvalue weighted by Gasteiger charge is -2.18. The highest BCUT2D eigenvalue weighted by atomic mass is 16.3. The topological polar surface area (TPSA) is 54.2 Å². The van der Waals surface area contributed by atoms with E-state index >= 15 is 0 Å². The van der Waals surface area contributed by atoms with Crippen LogP contribution in [0.3, 0.4) is 0 Å². The summed E-state index contributed by atoms with van der Waals surface area (Å²) >= 11 is 0. The predicted molar refractivity (Wildman–Crippen MR) is 53.6 cm³/mol. The van der Waals surface area contributed by atoms with Crippen LogP contribution in [0.5, 0.6) is 0 Å². The molecule has 0 aromatic carbocycles. The summed E-state index contributed by atoms with van der Waals surface area (Å²) in [4.78, 5) is 2.05. The van der Waals surface area contributed by atoms with Crippen molar-refractivity contribution in [3.8, 4) is 0 Å². The molecule has 1 aromatic rings. The first-order valence-corrected chi connectivity index (χ1v) is 4.55. The Balaban J connectivity index is 2.54. The van der Waals surface area contributed by atoms with Gasteiger partial charge in [-0.05, 0) is 0 Å². The molecule has 0 aliphatic rings. The van der Waals surface area contributed by atoms with Gasteiger partial charge in [0.25, 0.3) is 0 Å². The number of aliphatic hydroxyl groups excluding tert-OH is 1. The summed E-state index contributed by atoms with van der Waals surface area (Å²) in [6.45, 7) is 5.86. The molecule has 0 saturated carbocycles. The smallest absolute Gasteiger partial charge is 0.146 e. The number of rotatable bonds is 6. The van der Waals surface area contributed by atoms with Crippen molar-refractivity contribution in [1.29, 1.82) is 0 Å². The lowest BCUT2D eigenvalue weighted by atomic mass is 10.4. The Labute approximate surface area is 83.7 Å². The van der Waals surface area contributed by atoms with E-state index in [4.69, 9.17) is 5.11 Å². The van der Waals surface area contributed by atoms with Crippen LogP contribution in [0.2, 0.25) is 0 Å². The molecule has 78 valence electrons. The summed E-state index contributed by atoms with van der Waals surface area (Å²) in [5.74, 6) is 0.889. The van der Waals surface area contributed by atoms with Crippen molar-refractivity contribution in [2.75, 3.05) is 19.7 Å². The van der Waals surface area contributed by atoms with Gasteiger partial charge in [0.15, 0.2) is 0 Å². The Kier molecular flexibility index (Phi) is 4.28. The van der Waals surface area contributed by atoms with Crippen molar-refractivity contribution >= 4 is 0 Å². The second kappa shape index (κ2) is 5.51. The van der Waals surface area contributed by atoms with E-state index in [1.54, 1.807) is 6.33 Å². The highest BCUT2D eigenvalue weighted by Crippen LogP contribution is 1.99. The average Bonchev–Trinajstić information content (AvgIpc) is 2.53. The molecule has 0 bridgehead atoms. The van der Waals surface area contributed by atoms with Crippen molar-refractivity contribution in [2.24, 2.45) is 7.05 Å². The summed E-state index contributed by atoms with van der Waals surface area (Å²) in [6, 6.07) is 0. The lowest BCUT2D eigenvalue weighted by molar-refractivity contribution is 0.199. The number of aliphatic hydroxyl groups is 1. The standard InChI is InChI=1S/C9H16N4O/c1-3-4-13(5-6-14)7-9-11-10-8-12(9)2/h3,8,14H,1,4-7H2,2H3. The zero-order valence-corrected chi connectivity index (χ0v) is 8.43. The predicted octanol–water partition coefficient (Wildman–Crippen LogP) is -0.205. The van der Waals surface area contributed by atoms with Gasteiger partial charge in [-0.2, -0.15) is 0 Å². The molecule has 5 nitrogen and oxygen atoms in total. The maximum absolute atomic E-state index is 8.84. The molecular formula is C9H16N4O. The van der Waals surface area contributed by atoms with Crippen molar-refractivity contribution in [3.63, 3.8) is 0 Å². The quantitative estimate of drug-likeness (QED) is 0.640. The normalized spacial score (nSPS) is 10.8. The summed E-state index contributed by atoms with van der Waals surface area (Å²) in [6.07, 6.45) is 3.48. The van der Waals surface area contributed by atoms with Crippen molar-refractivity contribution in [1.82, 2.24) is 19.7 Å². The fourth-order valence-corrected chi connectivity index (χ4v) is 1.21. The van der Waals surface area contributed by atoms with Gasteiger partial charge in [0.05, 0.1) is 13.2 Å². The molecule has 0 unspecified atom stereocenters. The summed E-state index contributed by atoms with van der Waals surface area (Å²) in [7, 11) is 1.90. The van der Waals surface area contributed by atoms with Crippen LogP contribution in [0, 0.1) is 0 Å². The molecule has 0 aliphatic carbocycles. The molecule has 0 fully saturated rings. The van der Waals surface area contributed by atoms with E-state index in [9.17, 15) is 0 Å². The zero-order valence-electron chi connectivity index (χ0n) is 8.43. The minimum Gasteiger partial charge on any atom is -0.395 e. The third-order valence-corrected chi connectivity index (χ3v) is 1.97. The van der Waals surface area contributed by atoms with Gasteiger partial charge >= 0.3 is 0 Å². The Bertz CT molecular complexity index is 284. The van der Waals surface area contributed by atoms with Gasteiger partial charge in [-0.15, -0.1) is 16.8 Å². The zero-order chi connectivity index (χ0) is 10.4. The largest absolute Gasteiger partial charge is 0.395 e. The molecule has 0 radical (unpaired) electrons. The SMILES string of the molecule is C=CCN(CCO)Cc1nncn1C. The molecule has 1 heterocycles. The van der Waals surface area contributed by atoms with Gasteiger partial charge in [-0.1, -0.05) is 6.08 Å². The van der Waals surface area contributed by atoms with Crippen LogP contribution in [-0.4, -0.2) is 44.5 Å². The maximum Gasteiger partial charge on any atom is 0.146 e. The Morgan fingerprint density at radius 1 is 1.71 bits per heavy atom. The first-order valence-electron chi connectivity index (χ1n) is 4.55. The minimum absolute atomic E-state index is 0.145. The second-order valence-electron chi connectivity index (χ2n) is 3.11. The van der Waals surface area contributed by atoms with Crippen LogP contribution in [0.1, 0.15) is 5.82 Å². The molecule has 0 spiro atoms. The van der Waals surface area contributed by atoms with Crippen molar-refractivity contribution < 1.29 is 5.11 Å². The van der Waals surface area contributed by atoms with E-state index in [0.717, 1.165) is 12.4 Å². The minimum atomic E-state index is 0.145. The molecule has 1 N–H and O–H groups in total. The Hall–Kier alpha value is -1.20. The lowest BCUT2D eigenvalue weighted by Crippen LogP contribution is -2.27. The number of hydrogen-bond donors (Lipinski definition) is 1. The van der Waals surface area contributed by atoms with Crippen molar-refractivity contribution in [2.45, 2.75) is 6.54 Å². The van der Waals surface area contributed by atoms with Gasteiger partial charge in [0.1, 0.15) is 12.2 Å². The van der Waals surface area contributed by atoms with E-state index in [-0.39, 0.29) is 6.61 Å². The van der Waals surface area contributed by atoms with E-state index in [1.807, 2.05) is 17.7 Å². The molecule has 14 heavy (non-hydrogen) atoms. The fourth-order valence-electron chi connectivity index (χ4n) is 1.21. The monoisotopic (exact) mass is 196 g/mol. The molecule has 0 amide bonds. The second-order valence-corrected chi connectivity index (χ2v) is 3.11. The van der Waals surface area contributed by atoms with Crippen LogP contribution in [-0.2, 0) is 13.6 Å². The number of aryl methyl sites for hydroxylation is 1. The first-order chi connectivity index (χ1) is 6.77. The Morgan fingerprint density at radius 2 is 2.50 bits per heavy atom. The fraction of sp³-hybridized carbons (Fsp3) is 0.556. The average molecular weight is 196 g/mol. The van der Waals surface area contributed by atoms with E-state index in [2.05, 4.69) is 21.7 Å². The van der Waals surface area contributed by atoms with Gasteiger partial charge in [0.2, 0.25) is 0 Å². The van der Waals surface area contributed by atoms with Gasteiger partial charge in [-0.3, -0.25) is 4.90 Å². The molecular weight excluding hydrogens is 180 g/mol. The number of aromatic nitrogens is 3. The van der Waals surface area contributed by atoms with E-state index in [1.165, 1.54) is 0 Å². The number of hydrogen-bond acceptors (Lipinski definition) is 4. The maximum atomic E-state index is 8.84. The molecule has 0 atom stereocenters. The van der Waals surface area contributed by atoms with Gasteiger partial charge in [-0.25, -0.2) is 0 Å². The summed E-state index contributed by atoms with van der Waals surface area (Å²) < 4.78 is 1.87. The summed E-state index contributed by atoms with van der Waals surface area (Å²) in [5, 5.41) is 16.6. The third kappa shape index (κ3) is 2.93. The highest BCUT2D eigenvalue weighted by Gasteiger charge is 2.07. The van der Waals surface area contributed by atoms with Crippen LogP contribution >= 0.6 is 0 Å². The van der Waals surface area contributed by atoms with Crippen LogP contribution in [0.4, 0.5) is 0 Å². The number of nitrogens with zero attached hydrogens (tertiary/aromatic N) is 4. The Morgan fingerprint density at radius 3 is 3.00 bits per heavy atom. The highest BCUT2D eigenvalue weighted by molar-refractivity contribution is 4.86. The van der Waals surface area contributed by atoms with Gasteiger partial charge < -0.3 is 9.67 Å². The molecule has 1 aromatic heterocycles. The summed E-state index contributed by atoms with van der Waals surface area (Å²) in [5.41, 5.74) is 0. The van der Waals surface area contributed by atoms with Crippen molar-refractivity contribution in [3.05, 3.63) is 24.8 Å². The van der Waals surface area contributed by atoms with E-state index in [0.29, 0.717) is 13.1 Å². The third-order valence-electron chi connectivity index (χ3n) is 1.97. The van der Waals surface area contributed by atoms with Gasteiger partial charge in [0, 0.05) is 20.1 Å². The van der Waals surface area contributed by atoms with Crippen LogP contribution in [0.15, 0.2) is 19.0 Å². The molecule has 5 heteroatoms. The van der Waals surface area contributed by atoms with Crippen LogP contribution in [0.25, 0.3) is 0 Å². The molecule has 0 aliphatic heterocycles. The molecule has 0 saturated heterocycles. The first kappa shape index (κ1) is 10.9.